The molecule has 0 saturated heterocycles. The van der Waals surface area contributed by atoms with Crippen molar-refractivity contribution in [1.82, 2.24) is 14.8 Å². The van der Waals surface area contributed by atoms with Crippen molar-refractivity contribution in [2.45, 2.75) is 23.8 Å². The molecule has 0 bridgehead atoms. The van der Waals surface area contributed by atoms with E-state index >= 15 is 0 Å². The molecular formula is C14H17N5O2S. The average Bonchev–Trinajstić information content (AvgIpc) is 2.84. The lowest BCUT2D eigenvalue weighted by molar-refractivity contribution is -0.118. The third-order valence-electron chi connectivity index (χ3n) is 3.13. The predicted octanol–water partition coefficient (Wildman–Crippen LogP) is 0.624. The van der Waals surface area contributed by atoms with Crippen LogP contribution in [0, 0.1) is 0 Å². The van der Waals surface area contributed by atoms with Crippen LogP contribution in [0.2, 0.25) is 0 Å². The van der Waals surface area contributed by atoms with Gasteiger partial charge in [-0.1, -0.05) is 23.9 Å². The van der Waals surface area contributed by atoms with Crippen LogP contribution in [-0.2, 0) is 24.0 Å². The van der Waals surface area contributed by atoms with Crippen LogP contribution in [-0.4, -0.2) is 26.6 Å². The van der Waals surface area contributed by atoms with Crippen molar-refractivity contribution in [1.29, 1.82) is 0 Å². The predicted molar refractivity (Wildman–Crippen MR) is 83.0 cm³/mol. The lowest BCUT2D eigenvalue weighted by Gasteiger charge is -2.04. The number of aromatic nitrogens is 3. The number of hydrogen-bond donors (Lipinski definition) is 2. The molecule has 1 aromatic heterocycles. The zero-order valence-corrected chi connectivity index (χ0v) is 13.0. The summed E-state index contributed by atoms with van der Waals surface area (Å²) in [5.41, 5.74) is 11.9. The van der Waals surface area contributed by atoms with E-state index in [1.54, 1.807) is 12.1 Å². The number of primary amides is 2. The van der Waals surface area contributed by atoms with E-state index in [0.717, 1.165) is 16.5 Å². The summed E-state index contributed by atoms with van der Waals surface area (Å²) >= 11 is 1.53. The fourth-order valence-electron chi connectivity index (χ4n) is 1.84. The summed E-state index contributed by atoms with van der Waals surface area (Å²) < 4.78 is 1.85. The van der Waals surface area contributed by atoms with E-state index in [-0.39, 0.29) is 12.3 Å². The van der Waals surface area contributed by atoms with Crippen LogP contribution in [0.3, 0.4) is 0 Å². The molecule has 0 unspecified atom stereocenters. The average molecular weight is 319 g/mol. The van der Waals surface area contributed by atoms with Crippen molar-refractivity contribution in [3.05, 3.63) is 41.2 Å². The Bertz CT molecular complexity index is 681. The quantitative estimate of drug-likeness (QED) is 0.726. The molecule has 1 heterocycles. The highest BCUT2D eigenvalue weighted by molar-refractivity contribution is 7.98. The number of benzene rings is 1. The number of carbonyl (C=O) groups excluding carboxylic acids is 2. The first kappa shape index (κ1) is 16.0. The maximum absolute atomic E-state index is 11.0. The Morgan fingerprint density at radius 1 is 1.18 bits per heavy atom. The second kappa shape index (κ2) is 7.08. The molecule has 2 aromatic rings. The zero-order valence-electron chi connectivity index (χ0n) is 12.2. The van der Waals surface area contributed by atoms with E-state index in [2.05, 4.69) is 10.2 Å². The van der Waals surface area contributed by atoms with Gasteiger partial charge in [-0.05, 0) is 17.7 Å². The summed E-state index contributed by atoms with van der Waals surface area (Å²) in [5, 5.41) is 8.93. The van der Waals surface area contributed by atoms with Gasteiger partial charge in [0.25, 0.3) is 0 Å². The lowest BCUT2D eigenvalue weighted by atomic mass is 10.1. The van der Waals surface area contributed by atoms with Crippen LogP contribution in [0.5, 0.6) is 0 Å². The highest BCUT2D eigenvalue weighted by Crippen LogP contribution is 2.21. The number of nitrogens with two attached hydrogens (primary N) is 2. The van der Waals surface area contributed by atoms with Gasteiger partial charge in [-0.3, -0.25) is 9.59 Å². The number of rotatable bonds is 7. The molecule has 0 aliphatic rings. The Morgan fingerprint density at radius 2 is 1.86 bits per heavy atom. The van der Waals surface area contributed by atoms with Crippen LogP contribution in [0.15, 0.2) is 29.4 Å². The Hall–Kier alpha value is -2.35. The minimum atomic E-state index is -0.438. The molecule has 116 valence electrons. The normalized spacial score (nSPS) is 10.6. The van der Waals surface area contributed by atoms with Crippen molar-refractivity contribution < 1.29 is 9.59 Å². The van der Waals surface area contributed by atoms with Gasteiger partial charge in [0.05, 0.1) is 0 Å². The summed E-state index contributed by atoms with van der Waals surface area (Å²) in [4.78, 5) is 21.8. The van der Waals surface area contributed by atoms with Crippen LogP contribution in [0.25, 0.3) is 0 Å². The SMILES string of the molecule is Cn1c(CCC(N)=O)nnc1SCc1ccc(C(N)=O)cc1. The molecular weight excluding hydrogens is 302 g/mol. The van der Waals surface area contributed by atoms with E-state index in [9.17, 15) is 9.59 Å². The van der Waals surface area contributed by atoms with Gasteiger partial charge in [0.1, 0.15) is 5.82 Å². The molecule has 0 radical (unpaired) electrons. The van der Waals surface area contributed by atoms with Gasteiger partial charge >= 0.3 is 0 Å². The largest absolute Gasteiger partial charge is 0.370 e. The molecule has 1 aromatic carbocycles. The Labute approximate surface area is 132 Å². The summed E-state index contributed by atoms with van der Waals surface area (Å²) in [6.45, 7) is 0. The van der Waals surface area contributed by atoms with Gasteiger partial charge < -0.3 is 16.0 Å². The summed E-state index contributed by atoms with van der Waals surface area (Å²) in [7, 11) is 1.86. The summed E-state index contributed by atoms with van der Waals surface area (Å²) in [6.07, 6.45) is 0.734. The van der Waals surface area contributed by atoms with Crippen molar-refractivity contribution >= 4 is 23.6 Å². The van der Waals surface area contributed by atoms with Crippen molar-refractivity contribution in [2.24, 2.45) is 18.5 Å². The second-order valence-electron chi connectivity index (χ2n) is 4.77. The molecule has 2 amide bonds. The lowest BCUT2D eigenvalue weighted by Crippen LogP contribution is -2.12. The number of thioether (sulfide) groups is 1. The number of carbonyl (C=O) groups is 2. The molecule has 0 spiro atoms. The highest BCUT2D eigenvalue weighted by atomic mass is 32.2. The van der Waals surface area contributed by atoms with Crippen LogP contribution >= 0.6 is 11.8 Å². The molecule has 0 aliphatic carbocycles. The van der Waals surface area contributed by atoms with Gasteiger partial charge in [-0.15, -0.1) is 10.2 Å². The fraction of sp³-hybridized carbons (Fsp3) is 0.286. The minimum absolute atomic E-state index is 0.255. The first-order chi connectivity index (χ1) is 10.5. The van der Waals surface area contributed by atoms with E-state index in [0.29, 0.717) is 17.7 Å². The molecule has 0 aliphatic heterocycles. The van der Waals surface area contributed by atoms with Gasteiger partial charge in [0.15, 0.2) is 5.16 Å². The zero-order chi connectivity index (χ0) is 16.1. The molecule has 0 saturated carbocycles. The van der Waals surface area contributed by atoms with E-state index < -0.39 is 5.91 Å². The topological polar surface area (TPSA) is 117 Å². The van der Waals surface area contributed by atoms with Crippen molar-refractivity contribution in [3.63, 3.8) is 0 Å². The Morgan fingerprint density at radius 3 is 2.45 bits per heavy atom. The molecule has 0 atom stereocenters. The Kier molecular flexibility index (Phi) is 5.16. The van der Waals surface area contributed by atoms with Crippen LogP contribution in [0.4, 0.5) is 0 Å². The minimum Gasteiger partial charge on any atom is -0.370 e. The van der Waals surface area contributed by atoms with E-state index in [4.69, 9.17) is 11.5 Å². The molecule has 7 nitrogen and oxygen atoms in total. The number of nitrogens with zero attached hydrogens (tertiary/aromatic N) is 3. The second-order valence-corrected chi connectivity index (χ2v) is 5.72. The van der Waals surface area contributed by atoms with Crippen LogP contribution < -0.4 is 11.5 Å². The fourth-order valence-corrected chi connectivity index (χ4v) is 2.72. The first-order valence-corrected chi connectivity index (χ1v) is 7.64. The van der Waals surface area contributed by atoms with Gasteiger partial charge in [0.2, 0.25) is 11.8 Å². The maximum Gasteiger partial charge on any atom is 0.248 e. The number of aryl methyl sites for hydroxylation is 1. The molecule has 8 heteroatoms. The Balaban J connectivity index is 1.96. The standard InChI is InChI=1S/C14H17N5O2S/c1-19-12(7-6-11(15)20)17-18-14(19)22-8-9-2-4-10(5-3-9)13(16)21/h2-5H,6-8H2,1H3,(H2,15,20)(H2,16,21). The van der Waals surface area contributed by atoms with E-state index in [1.165, 1.54) is 11.8 Å². The van der Waals surface area contributed by atoms with Crippen LogP contribution in [0.1, 0.15) is 28.2 Å². The molecule has 22 heavy (non-hydrogen) atoms. The van der Waals surface area contributed by atoms with E-state index in [1.807, 2.05) is 23.7 Å². The van der Waals surface area contributed by atoms with Crippen molar-refractivity contribution in [3.8, 4) is 0 Å². The smallest absolute Gasteiger partial charge is 0.248 e. The molecule has 0 fully saturated rings. The number of hydrogen-bond acceptors (Lipinski definition) is 5. The van der Waals surface area contributed by atoms with Gasteiger partial charge in [0, 0.05) is 31.2 Å². The monoisotopic (exact) mass is 319 g/mol. The maximum atomic E-state index is 11.0. The van der Waals surface area contributed by atoms with Gasteiger partial charge in [-0.25, -0.2) is 0 Å². The molecule has 2 rings (SSSR count). The first-order valence-electron chi connectivity index (χ1n) is 6.65. The summed E-state index contributed by atoms with van der Waals surface area (Å²) in [5.74, 6) is 0.629. The molecule has 4 N–H and O–H groups in total. The third kappa shape index (κ3) is 4.08. The van der Waals surface area contributed by atoms with Gasteiger partial charge in [-0.2, -0.15) is 0 Å². The number of amides is 2. The third-order valence-corrected chi connectivity index (χ3v) is 4.22. The van der Waals surface area contributed by atoms with Crippen molar-refractivity contribution in [2.75, 3.05) is 0 Å². The highest BCUT2D eigenvalue weighted by Gasteiger charge is 2.10. The summed E-state index contributed by atoms with van der Waals surface area (Å²) in [6, 6.07) is 7.12.